The summed E-state index contributed by atoms with van der Waals surface area (Å²) in [6, 6.07) is 3.52. The number of nitrogens with two attached hydrogens (primary N) is 1. The summed E-state index contributed by atoms with van der Waals surface area (Å²) in [7, 11) is 0. The van der Waals surface area contributed by atoms with Gasteiger partial charge in [-0.1, -0.05) is 12.1 Å². The van der Waals surface area contributed by atoms with E-state index in [0.29, 0.717) is 16.9 Å². The van der Waals surface area contributed by atoms with Gasteiger partial charge in [-0.05, 0) is 31.0 Å². The molecule has 2 nitrogen and oxygen atoms in total. The lowest BCUT2D eigenvalue weighted by atomic mass is 9.95. The molecule has 0 bridgehead atoms. The van der Waals surface area contributed by atoms with Gasteiger partial charge in [-0.3, -0.25) is 4.79 Å². The average molecular weight is 299 g/mol. The van der Waals surface area contributed by atoms with Crippen molar-refractivity contribution in [3.8, 4) is 11.1 Å². The summed E-state index contributed by atoms with van der Waals surface area (Å²) in [4.78, 5) is 11.6. The lowest BCUT2D eigenvalue weighted by Gasteiger charge is -2.14. The van der Waals surface area contributed by atoms with Gasteiger partial charge < -0.3 is 5.73 Å². The van der Waals surface area contributed by atoms with E-state index >= 15 is 0 Å². The van der Waals surface area contributed by atoms with Gasteiger partial charge in [0, 0.05) is 16.0 Å². The standard InChI is InChI=1S/C14H12F3NOS/c1-7-8(2)20-13(18)12(7)10-4-3-9(6-19)5-11(10)14(15,16)17/h3-6H,18H2,1-2H3. The third-order valence-electron chi connectivity index (χ3n) is 3.17. The third-order valence-corrected chi connectivity index (χ3v) is 4.20. The maximum Gasteiger partial charge on any atom is 0.417 e. The van der Waals surface area contributed by atoms with Crippen LogP contribution in [-0.2, 0) is 6.18 Å². The molecule has 0 spiro atoms. The first-order valence-corrected chi connectivity index (χ1v) is 6.59. The molecule has 0 fully saturated rings. The maximum atomic E-state index is 13.2. The van der Waals surface area contributed by atoms with E-state index in [4.69, 9.17) is 5.73 Å². The number of alkyl halides is 3. The summed E-state index contributed by atoms with van der Waals surface area (Å²) in [5, 5.41) is 0.351. The molecule has 2 rings (SSSR count). The zero-order chi connectivity index (χ0) is 15.1. The normalized spacial score (nSPS) is 11.7. The number of hydrogen-bond donors (Lipinski definition) is 1. The molecule has 0 saturated heterocycles. The molecule has 6 heteroatoms. The molecular weight excluding hydrogens is 287 g/mol. The minimum atomic E-state index is -4.54. The largest absolute Gasteiger partial charge is 0.417 e. The van der Waals surface area contributed by atoms with Gasteiger partial charge in [0.25, 0.3) is 0 Å². The number of carbonyl (C=O) groups is 1. The van der Waals surface area contributed by atoms with Crippen molar-refractivity contribution < 1.29 is 18.0 Å². The van der Waals surface area contributed by atoms with Crippen molar-refractivity contribution >= 4 is 22.6 Å². The highest BCUT2D eigenvalue weighted by Gasteiger charge is 2.35. The van der Waals surface area contributed by atoms with Gasteiger partial charge >= 0.3 is 6.18 Å². The number of halogens is 3. The smallest absolute Gasteiger partial charge is 0.390 e. The van der Waals surface area contributed by atoms with Crippen LogP contribution in [0.25, 0.3) is 11.1 Å². The number of aryl methyl sites for hydroxylation is 1. The molecule has 2 N–H and O–H groups in total. The van der Waals surface area contributed by atoms with E-state index < -0.39 is 11.7 Å². The van der Waals surface area contributed by atoms with Crippen molar-refractivity contribution in [3.05, 3.63) is 39.8 Å². The zero-order valence-corrected chi connectivity index (χ0v) is 11.7. The average Bonchev–Trinajstić information content (AvgIpc) is 2.61. The van der Waals surface area contributed by atoms with Crippen LogP contribution in [0, 0.1) is 13.8 Å². The van der Waals surface area contributed by atoms with Crippen LogP contribution >= 0.6 is 11.3 Å². The zero-order valence-electron chi connectivity index (χ0n) is 10.8. The molecule has 0 unspecified atom stereocenters. The maximum absolute atomic E-state index is 13.2. The number of anilines is 1. The minimum Gasteiger partial charge on any atom is -0.390 e. The SMILES string of the molecule is Cc1sc(N)c(-c2ccc(C=O)cc2C(F)(F)F)c1C. The fourth-order valence-corrected chi connectivity index (χ4v) is 3.03. The molecule has 0 aliphatic rings. The molecule has 0 saturated carbocycles. The van der Waals surface area contributed by atoms with Crippen LogP contribution in [0.3, 0.4) is 0 Å². The molecule has 2 aromatic rings. The number of carbonyl (C=O) groups excluding carboxylic acids is 1. The van der Waals surface area contributed by atoms with Crippen LogP contribution in [0.4, 0.5) is 18.2 Å². The Bertz CT molecular complexity index is 674. The molecule has 106 valence electrons. The van der Waals surface area contributed by atoms with Crippen LogP contribution in [0.1, 0.15) is 26.4 Å². The Morgan fingerprint density at radius 2 is 1.90 bits per heavy atom. The first kappa shape index (κ1) is 14.6. The van der Waals surface area contributed by atoms with E-state index in [0.717, 1.165) is 16.5 Å². The lowest BCUT2D eigenvalue weighted by Crippen LogP contribution is -2.08. The monoisotopic (exact) mass is 299 g/mol. The first-order valence-electron chi connectivity index (χ1n) is 5.78. The van der Waals surface area contributed by atoms with Crippen LogP contribution in [0.15, 0.2) is 18.2 Å². The number of hydrogen-bond acceptors (Lipinski definition) is 3. The highest BCUT2D eigenvalue weighted by molar-refractivity contribution is 7.16. The topological polar surface area (TPSA) is 43.1 Å². The fourth-order valence-electron chi connectivity index (χ4n) is 2.08. The number of aldehydes is 1. The van der Waals surface area contributed by atoms with Crippen molar-refractivity contribution in [2.24, 2.45) is 0 Å². The predicted molar refractivity (Wildman–Crippen MR) is 74.0 cm³/mol. The Hall–Kier alpha value is -1.82. The molecule has 20 heavy (non-hydrogen) atoms. The Morgan fingerprint density at radius 1 is 1.25 bits per heavy atom. The molecule has 1 aromatic carbocycles. The Morgan fingerprint density at radius 3 is 2.35 bits per heavy atom. The minimum absolute atomic E-state index is 0.00995. The van der Waals surface area contributed by atoms with Gasteiger partial charge in [0.05, 0.1) is 10.6 Å². The number of nitrogen functional groups attached to an aromatic ring is 1. The third kappa shape index (κ3) is 2.43. The van der Waals surface area contributed by atoms with E-state index in [1.54, 1.807) is 6.92 Å². The van der Waals surface area contributed by atoms with Crippen molar-refractivity contribution in [3.63, 3.8) is 0 Å². The first-order chi connectivity index (χ1) is 9.25. The molecule has 0 atom stereocenters. The Labute approximate surface area is 118 Å². The second kappa shape index (κ2) is 4.94. The van der Waals surface area contributed by atoms with Crippen molar-refractivity contribution in [2.45, 2.75) is 20.0 Å². The van der Waals surface area contributed by atoms with Crippen LogP contribution in [0.5, 0.6) is 0 Å². The quantitative estimate of drug-likeness (QED) is 0.833. The van der Waals surface area contributed by atoms with E-state index in [9.17, 15) is 18.0 Å². The molecular formula is C14H12F3NOS. The van der Waals surface area contributed by atoms with Crippen molar-refractivity contribution in [1.82, 2.24) is 0 Å². The number of rotatable bonds is 2. The van der Waals surface area contributed by atoms with Gasteiger partial charge in [-0.2, -0.15) is 13.2 Å². The molecule has 0 aliphatic heterocycles. The summed E-state index contributed by atoms with van der Waals surface area (Å²) < 4.78 is 39.5. The van der Waals surface area contributed by atoms with Gasteiger partial charge in [0.1, 0.15) is 6.29 Å². The van der Waals surface area contributed by atoms with Crippen molar-refractivity contribution in [2.75, 3.05) is 5.73 Å². The number of benzene rings is 1. The van der Waals surface area contributed by atoms with Gasteiger partial charge in [0.2, 0.25) is 0 Å². The summed E-state index contributed by atoms with van der Waals surface area (Å²) in [5.74, 6) is 0. The predicted octanol–water partition coefficient (Wildman–Crippen LogP) is 4.45. The molecule has 1 heterocycles. The Balaban J connectivity index is 2.77. The summed E-state index contributed by atoms with van der Waals surface area (Å²) in [6.45, 7) is 3.55. The summed E-state index contributed by atoms with van der Waals surface area (Å²) in [5.41, 5.74) is 6.14. The van der Waals surface area contributed by atoms with E-state index in [1.807, 2.05) is 6.92 Å². The molecule has 1 aromatic heterocycles. The van der Waals surface area contributed by atoms with Gasteiger partial charge in [-0.15, -0.1) is 11.3 Å². The second-order valence-corrected chi connectivity index (χ2v) is 5.70. The van der Waals surface area contributed by atoms with Crippen LogP contribution in [0.2, 0.25) is 0 Å². The van der Waals surface area contributed by atoms with Gasteiger partial charge in [0.15, 0.2) is 0 Å². The summed E-state index contributed by atoms with van der Waals surface area (Å²) in [6.07, 6.45) is -4.14. The highest BCUT2D eigenvalue weighted by atomic mass is 32.1. The number of thiophene rings is 1. The highest BCUT2D eigenvalue weighted by Crippen LogP contribution is 2.44. The summed E-state index contributed by atoms with van der Waals surface area (Å²) >= 11 is 1.26. The van der Waals surface area contributed by atoms with Crippen LogP contribution < -0.4 is 5.73 Å². The van der Waals surface area contributed by atoms with E-state index in [-0.39, 0.29) is 11.1 Å². The fraction of sp³-hybridized carbons (Fsp3) is 0.214. The second-order valence-electron chi connectivity index (χ2n) is 4.44. The molecule has 0 amide bonds. The molecule has 0 radical (unpaired) electrons. The lowest BCUT2D eigenvalue weighted by molar-refractivity contribution is -0.137. The van der Waals surface area contributed by atoms with Gasteiger partial charge in [-0.25, -0.2) is 0 Å². The molecule has 0 aliphatic carbocycles. The van der Waals surface area contributed by atoms with Crippen molar-refractivity contribution in [1.29, 1.82) is 0 Å². The van der Waals surface area contributed by atoms with E-state index in [1.165, 1.54) is 23.5 Å². The van der Waals surface area contributed by atoms with Crippen LogP contribution in [-0.4, -0.2) is 6.29 Å². The Kier molecular flexibility index (Phi) is 3.60. The van der Waals surface area contributed by atoms with E-state index in [2.05, 4.69) is 0 Å².